The van der Waals surface area contributed by atoms with Crippen LogP contribution in [0.1, 0.15) is 31.2 Å². The second kappa shape index (κ2) is 7.61. The van der Waals surface area contributed by atoms with Gasteiger partial charge >= 0.3 is 11.8 Å². The van der Waals surface area contributed by atoms with Crippen molar-refractivity contribution in [3.05, 3.63) is 28.8 Å². The van der Waals surface area contributed by atoms with Crippen LogP contribution in [0, 0.1) is 12.8 Å². The molecule has 0 bridgehead atoms. The van der Waals surface area contributed by atoms with Crippen LogP contribution >= 0.6 is 11.6 Å². The van der Waals surface area contributed by atoms with Crippen molar-refractivity contribution < 1.29 is 14.7 Å². The first kappa shape index (κ1) is 16.8. The van der Waals surface area contributed by atoms with Crippen molar-refractivity contribution in [1.29, 1.82) is 0 Å². The van der Waals surface area contributed by atoms with Crippen molar-refractivity contribution in [3.8, 4) is 0 Å². The molecule has 2 amide bonds. The highest BCUT2D eigenvalue weighted by atomic mass is 35.5. The van der Waals surface area contributed by atoms with E-state index >= 15 is 0 Å². The van der Waals surface area contributed by atoms with Crippen LogP contribution in [0.15, 0.2) is 18.2 Å². The fourth-order valence-corrected chi connectivity index (χ4v) is 2.81. The summed E-state index contributed by atoms with van der Waals surface area (Å²) in [7, 11) is 0. The lowest BCUT2D eigenvalue weighted by Gasteiger charge is -2.27. The van der Waals surface area contributed by atoms with Crippen LogP contribution in [-0.4, -0.2) is 29.6 Å². The number of anilines is 1. The van der Waals surface area contributed by atoms with Crippen LogP contribution in [0.2, 0.25) is 5.02 Å². The zero-order valence-electron chi connectivity index (χ0n) is 12.6. The van der Waals surface area contributed by atoms with E-state index in [1.54, 1.807) is 18.2 Å². The van der Waals surface area contributed by atoms with Crippen molar-refractivity contribution in [2.45, 2.75) is 38.7 Å². The fraction of sp³-hybridized carbons (Fsp3) is 0.500. The maximum atomic E-state index is 11.9. The largest absolute Gasteiger partial charge is 0.393 e. The van der Waals surface area contributed by atoms with E-state index in [2.05, 4.69) is 10.6 Å². The lowest BCUT2D eigenvalue weighted by molar-refractivity contribution is -0.136. The first-order chi connectivity index (χ1) is 10.5. The molecule has 3 N–H and O–H groups in total. The summed E-state index contributed by atoms with van der Waals surface area (Å²) in [6, 6.07) is 5.10. The molecule has 1 fully saturated rings. The Balaban J connectivity index is 1.86. The van der Waals surface area contributed by atoms with E-state index in [9.17, 15) is 14.7 Å². The minimum atomic E-state index is -0.726. The summed E-state index contributed by atoms with van der Waals surface area (Å²) < 4.78 is 0. The molecule has 0 aliphatic heterocycles. The molecule has 0 spiro atoms. The molecule has 0 saturated heterocycles. The Bertz CT molecular complexity index is 562. The molecular formula is C16H21ClN2O3. The van der Waals surface area contributed by atoms with Gasteiger partial charge in [-0.05, 0) is 37.5 Å². The number of hydrogen-bond donors (Lipinski definition) is 3. The monoisotopic (exact) mass is 324 g/mol. The second-order valence-corrected chi connectivity index (χ2v) is 6.17. The molecule has 1 aliphatic rings. The van der Waals surface area contributed by atoms with Gasteiger partial charge < -0.3 is 15.7 Å². The van der Waals surface area contributed by atoms with E-state index in [0.29, 0.717) is 17.3 Å². The maximum absolute atomic E-state index is 11.9. The number of halogens is 1. The Morgan fingerprint density at radius 3 is 2.73 bits per heavy atom. The third-order valence-corrected chi connectivity index (χ3v) is 4.28. The molecule has 1 saturated carbocycles. The Labute approximate surface area is 135 Å². The van der Waals surface area contributed by atoms with Gasteiger partial charge in [0.15, 0.2) is 0 Å². The molecular weight excluding hydrogens is 304 g/mol. The van der Waals surface area contributed by atoms with Gasteiger partial charge in [-0.2, -0.15) is 0 Å². The molecule has 0 radical (unpaired) electrons. The molecule has 1 aromatic carbocycles. The van der Waals surface area contributed by atoms with E-state index in [1.807, 2.05) is 6.92 Å². The summed E-state index contributed by atoms with van der Waals surface area (Å²) >= 11 is 5.88. The van der Waals surface area contributed by atoms with Gasteiger partial charge in [-0.3, -0.25) is 9.59 Å². The molecule has 2 atom stereocenters. The molecule has 2 rings (SSSR count). The van der Waals surface area contributed by atoms with Gasteiger partial charge in [0.2, 0.25) is 0 Å². The number of amides is 2. The number of carbonyl (C=O) groups is 2. The highest BCUT2D eigenvalue weighted by Gasteiger charge is 2.24. The molecule has 0 heterocycles. The summed E-state index contributed by atoms with van der Waals surface area (Å²) in [4.78, 5) is 23.8. The molecule has 0 aromatic heterocycles. The van der Waals surface area contributed by atoms with Gasteiger partial charge in [0.25, 0.3) is 0 Å². The topological polar surface area (TPSA) is 78.4 Å². The Morgan fingerprint density at radius 1 is 1.27 bits per heavy atom. The summed E-state index contributed by atoms with van der Waals surface area (Å²) in [5, 5.41) is 15.5. The quantitative estimate of drug-likeness (QED) is 0.746. The van der Waals surface area contributed by atoms with Crippen LogP contribution in [0.5, 0.6) is 0 Å². The number of aliphatic hydroxyl groups is 1. The highest BCUT2D eigenvalue weighted by molar-refractivity contribution is 6.40. The molecule has 120 valence electrons. The number of hydrogen-bond acceptors (Lipinski definition) is 3. The van der Waals surface area contributed by atoms with Crippen molar-refractivity contribution in [2.24, 2.45) is 5.92 Å². The van der Waals surface area contributed by atoms with Gasteiger partial charge in [-0.1, -0.05) is 30.5 Å². The summed E-state index contributed by atoms with van der Waals surface area (Å²) in [6.45, 7) is 2.14. The molecule has 5 nitrogen and oxygen atoms in total. The third-order valence-electron chi connectivity index (χ3n) is 4.05. The number of carbonyl (C=O) groups excluding carboxylic acids is 2. The summed E-state index contributed by atoms with van der Waals surface area (Å²) in [6.07, 6.45) is 3.29. The van der Waals surface area contributed by atoms with E-state index < -0.39 is 17.9 Å². The summed E-state index contributed by atoms with van der Waals surface area (Å²) in [5.41, 5.74) is 1.35. The van der Waals surface area contributed by atoms with E-state index in [0.717, 1.165) is 31.2 Å². The van der Waals surface area contributed by atoms with Crippen molar-refractivity contribution in [1.82, 2.24) is 5.32 Å². The number of benzene rings is 1. The molecule has 0 unspecified atom stereocenters. The smallest absolute Gasteiger partial charge is 0.313 e. The number of nitrogens with one attached hydrogen (secondary N) is 2. The lowest BCUT2D eigenvalue weighted by atomic mass is 9.86. The number of aliphatic hydroxyl groups excluding tert-OH is 1. The maximum Gasteiger partial charge on any atom is 0.313 e. The zero-order chi connectivity index (χ0) is 16.1. The first-order valence-corrected chi connectivity index (χ1v) is 7.88. The third kappa shape index (κ3) is 4.45. The van der Waals surface area contributed by atoms with E-state index in [1.165, 1.54) is 0 Å². The predicted octanol–water partition coefficient (Wildman–Crippen LogP) is 2.25. The van der Waals surface area contributed by atoms with Crippen LogP contribution in [0.4, 0.5) is 5.69 Å². The Kier molecular flexibility index (Phi) is 5.80. The average molecular weight is 325 g/mol. The van der Waals surface area contributed by atoms with E-state index in [4.69, 9.17) is 11.6 Å². The minimum Gasteiger partial charge on any atom is -0.393 e. The molecule has 1 aliphatic carbocycles. The van der Waals surface area contributed by atoms with Gasteiger partial charge in [0.05, 0.1) is 6.10 Å². The molecule has 6 heteroatoms. The van der Waals surface area contributed by atoms with Gasteiger partial charge in [0, 0.05) is 23.2 Å². The first-order valence-electron chi connectivity index (χ1n) is 7.51. The Morgan fingerprint density at radius 2 is 2.00 bits per heavy atom. The van der Waals surface area contributed by atoms with Crippen LogP contribution < -0.4 is 10.6 Å². The standard InChI is InChI=1S/C16H21ClN2O3/c1-10-6-7-12(17)8-13(10)19-16(22)15(21)18-9-11-4-2-3-5-14(11)20/h6-8,11,14,20H,2-5,9H2,1H3,(H,18,21)(H,19,22)/t11-,14-/m0/s1. The average Bonchev–Trinajstić information content (AvgIpc) is 2.49. The minimum absolute atomic E-state index is 0.0263. The fourth-order valence-electron chi connectivity index (χ4n) is 2.64. The van der Waals surface area contributed by atoms with Crippen molar-refractivity contribution >= 4 is 29.1 Å². The van der Waals surface area contributed by atoms with Gasteiger partial charge in [-0.15, -0.1) is 0 Å². The number of aryl methyl sites for hydroxylation is 1. The van der Waals surface area contributed by atoms with Crippen molar-refractivity contribution in [2.75, 3.05) is 11.9 Å². The summed E-state index contributed by atoms with van der Waals surface area (Å²) in [5.74, 6) is -1.40. The zero-order valence-corrected chi connectivity index (χ0v) is 13.3. The Hall–Kier alpha value is -1.59. The van der Waals surface area contributed by atoms with Crippen LogP contribution in [0.25, 0.3) is 0 Å². The van der Waals surface area contributed by atoms with Gasteiger partial charge in [-0.25, -0.2) is 0 Å². The van der Waals surface area contributed by atoms with Crippen molar-refractivity contribution in [3.63, 3.8) is 0 Å². The number of rotatable bonds is 3. The van der Waals surface area contributed by atoms with E-state index in [-0.39, 0.29) is 5.92 Å². The lowest BCUT2D eigenvalue weighted by Crippen LogP contribution is -2.41. The normalized spacial score (nSPS) is 21.2. The molecule has 1 aromatic rings. The van der Waals surface area contributed by atoms with Crippen LogP contribution in [0.3, 0.4) is 0 Å². The molecule has 22 heavy (non-hydrogen) atoms. The predicted molar refractivity (Wildman–Crippen MR) is 85.8 cm³/mol. The van der Waals surface area contributed by atoms with Crippen LogP contribution in [-0.2, 0) is 9.59 Å². The second-order valence-electron chi connectivity index (χ2n) is 5.74. The van der Waals surface area contributed by atoms with Gasteiger partial charge in [0.1, 0.15) is 0 Å². The SMILES string of the molecule is Cc1ccc(Cl)cc1NC(=O)C(=O)NC[C@@H]1CCCC[C@@H]1O. The highest BCUT2D eigenvalue weighted by Crippen LogP contribution is 2.23.